The standard InChI is InChI=1S/C41H48ClN11O4/c1-40(2)37(41(3,4)38(40)57-28-18-30(42)31(19-43)44-22-28)49-36(55)35-45-20-27(21-46-35)51-15-8-25(9-16-51)24-50-13-10-26(11-14-50)53-33-7-5-6-32(29(33)23-47-53)52-17-12-34(54)48-39(52)56/h5-7,18,20-23,25-26,37-38H,8-17,24H2,1-4H3,(H,49,55)(H,48,54,56)/t37-,38-. The Kier molecular flexibility index (Phi) is 10.3. The monoisotopic (exact) mass is 793 g/mol. The summed E-state index contributed by atoms with van der Waals surface area (Å²) >= 11 is 6.18. The average Bonchev–Trinajstić information content (AvgIpc) is 3.64. The van der Waals surface area contributed by atoms with Crippen LogP contribution in [0.15, 0.2) is 49.1 Å². The maximum atomic E-state index is 13.4. The van der Waals surface area contributed by atoms with E-state index in [0.29, 0.717) is 18.2 Å². The number of ether oxygens (including phenoxy) is 1. The SMILES string of the molecule is CC1(C)[C@H](NC(=O)c2ncc(N3CCC(CN4CCC(n5ncc6c(N7CCC(=O)NC7=O)cccc65)CC4)CC3)cn2)C(C)(C)[C@H]1Oc1cnc(C#N)c(Cl)c1. The molecule has 2 N–H and O–H groups in total. The van der Waals surface area contributed by atoms with Gasteiger partial charge in [0.1, 0.15) is 17.9 Å². The number of nitriles is 1. The van der Waals surface area contributed by atoms with E-state index in [4.69, 9.17) is 26.7 Å². The molecule has 1 aliphatic carbocycles. The summed E-state index contributed by atoms with van der Waals surface area (Å²) in [6.45, 7) is 13.5. The predicted octanol–water partition coefficient (Wildman–Crippen LogP) is 5.36. The third kappa shape index (κ3) is 7.36. The number of amides is 4. The summed E-state index contributed by atoms with van der Waals surface area (Å²) in [4.78, 5) is 57.2. The zero-order valence-corrected chi connectivity index (χ0v) is 33.5. The fraction of sp³-hybridized carbons (Fsp3) is 0.512. The summed E-state index contributed by atoms with van der Waals surface area (Å²) in [6, 6.07) is 9.18. The van der Waals surface area contributed by atoms with Crippen molar-refractivity contribution >= 4 is 51.7 Å². The molecule has 4 fully saturated rings. The van der Waals surface area contributed by atoms with E-state index in [-0.39, 0.29) is 59.0 Å². The van der Waals surface area contributed by atoms with E-state index in [2.05, 4.69) is 46.1 Å². The molecule has 4 aromatic rings. The van der Waals surface area contributed by atoms with Crippen LogP contribution in [0.1, 0.15) is 82.2 Å². The van der Waals surface area contributed by atoms with E-state index in [0.717, 1.165) is 80.7 Å². The number of nitrogens with one attached hydrogen (secondary N) is 2. The molecule has 0 unspecified atom stereocenters. The third-order valence-electron chi connectivity index (χ3n) is 12.5. The highest BCUT2D eigenvalue weighted by Gasteiger charge is 2.64. The molecule has 298 valence electrons. The number of piperidine rings is 2. The van der Waals surface area contributed by atoms with E-state index in [1.54, 1.807) is 23.4 Å². The minimum Gasteiger partial charge on any atom is -0.487 e. The first kappa shape index (κ1) is 38.5. The molecule has 3 aromatic heterocycles. The van der Waals surface area contributed by atoms with Crippen molar-refractivity contribution < 1.29 is 19.1 Å². The van der Waals surface area contributed by atoms with Gasteiger partial charge in [0.15, 0.2) is 5.69 Å². The topological polar surface area (TPSA) is 174 Å². The fourth-order valence-electron chi connectivity index (χ4n) is 9.76. The maximum absolute atomic E-state index is 13.4. The van der Waals surface area contributed by atoms with Gasteiger partial charge in [-0.25, -0.2) is 19.7 Å². The molecule has 0 radical (unpaired) electrons. The summed E-state index contributed by atoms with van der Waals surface area (Å²) in [5, 5.41) is 20.7. The largest absolute Gasteiger partial charge is 0.487 e. The van der Waals surface area contributed by atoms with Crippen LogP contribution in [0.25, 0.3) is 10.9 Å². The molecule has 15 nitrogen and oxygen atoms in total. The molecule has 8 rings (SSSR count). The number of pyridine rings is 1. The zero-order chi connectivity index (χ0) is 40.1. The molecule has 1 aromatic carbocycles. The number of nitrogens with zero attached hydrogens (tertiary/aromatic N) is 9. The molecule has 0 bridgehead atoms. The molecule has 16 heteroatoms. The van der Waals surface area contributed by atoms with Gasteiger partial charge in [0.2, 0.25) is 11.7 Å². The van der Waals surface area contributed by atoms with Crippen LogP contribution in [-0.2, 0) is 4.79 Å². The van der Waals surface area contributed by atoms with E-state index in [1.165, 1.54) is 6.20 Å². The predicted molar refractivity (Wildman–Crippen MR) is 214 cm³/mol. The summed E-state index contributed by atoms with van der Waals surface area (Å²) < 4.78 is 8.42. The first-order valence-corrected chi connectivity index (χ1v) is 20.1. The second-order valence-corrected chi connectivity index (χ2v) is 17.3. The van der Waals surface area contributed by atoms with Crippen molar-refractivity contribution in [2.45, 2.75) is 78.0 Å². The quantitative estimate of drug-likeness (QED) is 0.223. The molecular weight excluding hydrogens is 746 g/mol. The van der Waals surface area contributed by atoms with Crippen molar-refractivity contribution in [2.75, 3.05) is 49.1 Å². The number of anilines is 2. The number of imide groups is 1. The minimum absolute atomic E-state index is 0.131. The number of likely N-dealkylation sites (tertiary alicyclic amines) is 1. The molecule has 4 aliphatic rings. The molecule has 6 heterocycles. The van der Waals surface area contributed by atoms with Gasteiger partial charge in [0.05, 0.1) is 52.7 Å². The molecule has 57 heavy (non-hydrogen) atoms. The van der Waals surface area contributed by atoms with Crippen molar-refractivity contribution in [1.29, 1.82) is 5.26 Å². The van der Waals surface area contributed by atoms with E-state index >= 15 is 0 Å². The Morgan fingerprint density at radius 3 is 2.37 bits per heavy atom. The minimum atomic E-state index is -0.418. The molecule has 3 aliphatic heterocycles. The second-order valence-electron chi connectivity index (χ2n) is 16.9. The highest BCUT2D eigenvalue weighted by Crippen LogP contribution is 2.55. The van der Waals surface area contributed by atoms with Crippen LogP contribution in [0, 0.1) is 28.1 Å². The number of urea groups is 1. The molecule has 0 spiro atoms. The lowest BCUT2D eigenvalue weighted by molar-refractivity contribution is -0.164. The molecule has 1 saturated carbocycles. The van der Waals surface area contributed by atoms with Crippen LogP contribution < -0.4 is 25.2 Å². The summed E-state index contributed by atoms with van der Waals surface area (Å²) in [7, 11) is 0. The van der Waals surface area contributed by atoms with Gasteiger partial charge in [-0.1, -0.05) is 45.4 Å². The summed E-state index contributed by atoms with van der Waals surface area (Å²) in [6.07, 6.45) is 11.0. The van der Waals surface area contributed by atoms with Gasteiger partial charge in [-0.2, -0.15) is 10.4 Å². The number of aromatic nitrogens is 5. The van der Waals surface area contributed by atoms with Gasteiger partial charge in [-0.05, 0) is 43.7 Å². The normalized spacial score (nSPS) is 22.8. The van der Waals surface area contributed by atoms with Crippen molar-refractivity contribution in [3.63, 3.8) is 0 Å². The van der Waals surface area contributed by atoms with Crippen molar-refractivity contribution in [3.8, 4) is 11.8 Å². The van der Waals surface area contributed by atoms with E-state index < -0.39 is 10.8 Å². The summed E-state index contributed by atoms with van der Waals surface area (Å²) in [5.74, 6) is 0.640. The lowest BCUT2D eigenvalue weighted by atomic mass is 9.49. The smallest absolute Gasteiger partial charge is 0.328 e. The van der Waals surface area contributed by atoms with Gasteiger partial charge in [0.25, 0.3) is 5.91 Å². The fourth-order valence-corrected chi connectivity index (χ4v) is 9.96. The Labute approximate surface area is 336 Å². The van der Waals surface area contributed by atoms with Crippen LogP contribution in [0.3, 0.4) is 0 Å². The van der Waals surface area contributed by atoms with Crippen LogP contribution in [0.2, 0.25) is 5.02 Å². The molecule has 3 saturated heterocycles. The number of hydrogen-bond donors (Lipinski definition) is 2. The van der Waals surface area contributed by atoms with Gasteiger partial charge in [-0.15, -0.1) is 0 Å². The van der Waals surface area contributed by atoms with E-state index in [9.17, 15) is 14.4 Å². The number of hydrogen-bond acceptors (Lipinski definition) is 11. The number of benzene rings is 1. The van der Waals surface area contributed by atoms with Crippen LogP contribution in [0.4, 0.5) is 16.2 Å². The Balaban J connectivity index is 0.800. The zero-order valence-electron chi connectivity index (χ0n) is 32.7. The highest BCUT2D eigenvalue weighted by atomic mass is 35.5. The van der Waals surface area contributed by atoms with Crippen LogP contribution in [-0.4, -0.2) is 98.9 Å². The van der Waals surface area contributed by atoms with Gasteiger partial charge in [-0.3, -0.25) is 24.5 Å². The number of fused-ring (bicyclic) bond motifs is 1. The van der Waals surface area contributed by atoms with Gasteiger partial charge >= 0.3 is 6.03 Å². The van der Waals surface area contributed by atoms with Crippen LogP contribution >= 0.6 is 11.6 Å². The molecule has 4 amide bonds. The van der Waals surface area contributed by atoms with Crippen molar-refractivity contribution in [1.82, 2.24) is 40.3 Å². The lowest BCUT2D eigenvalue weighted by Gasteiger charge is -2.62. The van der Waals surface area contributed by atoms with E-state index in [1.807, 2.05) is 52.1 Å². The summed E-state index contributed by atoms with van der Waals surface area (Å²) in [5.41, 5.74) is 2.02. The number of carbonyl (C=O) groups excluding carboxylic acids is 3. The third-order valence-corrected chi connectivity index (χ3v) is 12.8. The van der Waals surface area contributed by atoms with Gasteiger partial charge < -0.3 is 19.9 Å². The van der Waals surface area contributed by atoms with Crippen LogP contribution in [0.5, 0.6) is 5.75 Å². The molecular formula is C41H48ClN11O4. The Hall–Kier alpha value is -5.33. The van der Waals surface area contributed by atoms with Gasteiger partial charge in [0, 0.05) is 74.0 Å². The number of halogens is 1. The Bertz CT molecular complexity index is 2200. The highest BCUT2D eigenvalue weighted by molar-refractivity contribution is 6.31. The maximum Gasteiger partial charge on any atom is 0.328 e. The molecule has 0 atom stereocenters. The van der Waals surface area contributed by atoms with Crippen molar-refractivity contribution in [3.05, 3.63) is 65.6 Å². The second kappa shape index (κ2) is 15.2. The average molecular weight is 794 g/mol. The first-order valence-electron chi connectivity index (χ1n) is 19.7. The number of carbonyl (C=O) groups is 3. The van der Waals surface area contributed by atoms with Crippen molar-refractivity contribution in [2.24, 2.45) is 16.7 Å². The Morgan fingerprint density at radius 2 is 1.70 bits per heavy atom. The lowest BCUT2D eigenvalue weighted by Crippen LogP contribution is -2.74. The Morgan fingerprint density at radius 1 is 0.982 bits per heavy atom. The first-order chi connectivity index (χ1) is 27.3. The number of rotatable bonds is 9.